The van der Waals surface area contributed by atoms with Crippen molar-refractivity contribution in [3.8, 4) is 0 Å². The van der Waals surface area contributed by atoms with Crippen LogP contribution in [0.4, 0.5) is 0 Å². The van der Waals surface area contributed by atoms with E-state index in [4.69, 9.17) is 4.74 Å². The van der Waals surface area contributed by atoms with Gasteiger partial charge < -0.3 is 20.7 Å². The molecule has 0 aromatic carbocycles. The largest absolute Gasteiger partial charge is 0.460 e. The Labute approximate surface area is 199 Å². The number of nitrogens with one attached hydrogen (secondary N) is 3. The van der Waals surface area contributed by atoms with Crippen LogP contribution < -0.4 is 16.0 Å². The van der Waals surface area contributed by atoms with Crippen molar-refractivity contribution in [1.29, 1.82) is 0 Å². The molecule has 6 atom stereocenters. The fraction of sp³-hybridized carbons (Fsp3) is 0.840. The highest BCUT2D eigenvalue weighted by molar-refractivity contribution is 5.94. The molecule has 1 rings (SSSR count). The number of carbonyl (C=O) groups is 4. The smallest absolute Gasteiger partial charge is 0.329 e. The SMILES string of the molecule is CCCCCC[C@H](C)[C@H]1CC(=O)N[C@@H](C(C)C)C(=O)N[C@@H](C)C(=O)N[C@H]([C@@H](C)CC)C(=O)O1. The predicted molar refractivity (Wildman–Crippen MR) is 128 cm³/mol. The van der Waals surface area contributed by atoms with Crippen molar-refractivity contribution in [2.24, 2.45) is 17.8 Å². The van der Waals surface area contributed by atoms with Crippen LogP contribution >= 0.6 is 0 Å². The van der Waals surface area contributed by atoms with Gasteiger partial charge in [0.2, 0.25) is 17.7 Å². The first-order valence-corrected chi connectivity index (χ1v) is 12.6. The highest BCUT2D eigenvalue weighted by atomic mass is 16.5. The maximum Gasteiger partial charge on any atom is 0.329 e. The quantitative estimate of drug-likeness (QED) is 0.356. The summed E-state index contributed by atoms with van der Waals surface area (Å²) in [5.74, 6) is -2.11. The molecule has 0 aromatic rings. The summed E-state index contributed by atoms with van der Waals surface area (Å²) in [5, 5.41) is 8.22. The standard InChI is InChI=1S/C25H45N3O5/c1-8-10-11-12-13-17(6)19-14-20(29)27-21(15(3)4)24(31)26-18(7)23(30)28-22(16(5)9-2)25(32)33-19/h15-19,21-22H,8-14H2,1-7H3,(H,26,31)(H,27,29)(H,28,30)/t16-,17-,18-,19+,21-,22+/m0/s1. The summed E-state index contributed by atoms with van der Waals surface area (Å²) in [6.45, 7) is 13.2. The van der Waals surface area contributed by atoms with Gasteiger partial charge in [0.15, 0.2) is 0 Å². The van der Waals surface area contributed by atoms with E-state index in [1.54, 1.807) is 6.92 Å². The summed E-state index contributed by atoms with van der Waals surface area (Å²) in [4.78, 5) is 51.6. The molecule has 0 saturated carbocycles. The first-order valence-electron chi connectivity index (χ1n) is 12.6. The highest BCUT2D eigenvalue weighted by Crippen LogP contribution is 2.22. The molecule has 3 N–H and O–H groups in total. The fourth-order valence-electron chi connectivity index (χ4n) is 3.93. The van der Waals surface area contributed by atoms with E-state index in [9.17, 15) is 19.2 Å². The van der Waals surface area contributed by atoms with E-state index >= 15 is 0 Å². The van der Waals surface area contributed by atoms with Crippen LogP contribution in [0.15, 0.2) is 0 Å². The molecule has 0 aromatic heterocycles. The Balaban J connectivity index is 3.22. The zero-order chi connectivity index (χ0) is 25.1. The third-order valence-electron chi connectivity index (χ3n) is 6.58. The molecule has 1 fully saturated rings. The Bertz CT molecular complexity index is 666. The van der Waals surface area contributed by atoms with Crippen molar-refractivity contribution in [2.45, 2.75) is 118 Å². The Hall–Kier alpha value is -2.12. The van der Waals surface area contributed by atoms with Crippen LogP contribution in [-0.2, 0) is 23.9 Å². The Morgan fingerprint density at radius 1 is 0.848 bits per heavy atom. The van der Waals surface area contributed by atoms with Crippen LogP contribution in [0, 0.1) is 17.8 Å². The first-order chi connectivity index (χ1) is 15.5. The number of unbranched alkanes of at least 4 members (excludes halogenated alkanes) is 3. The van der Waals surface area contributed by atoms with Gasteiger partial charge in [-0.2, -0.15) is 0 Å². The van der Waals surface area contributed by atoms with Crippen molar-refractivity contribution in [3.63, 3.8) is 0 Å². The first kappa shape index (κ1) is 28.9. The van der Waals surface area contributed by atoms with E-state index in [0.717, 1.165) is 32.1 Å². The van der Waals surface area contributed by atoms with Crippen molar-refractivity contribution in [2.75, 3.05) is 0 Å². The molecule has 0 radical (unpaired) electrons. The summed E-state index contributed by atoms with van der Waals surface area (Å²) in [5.41, 5.74) is 0. The molecule has 1 aliphatic rings. The second-order valence-electron chi connectivity index (χ2n) is 9.90. The molecule has 190 valence electrons. The minimum atomic E-state index is -0.857. The number of rotatable bonds is 9. The highest BCUT2D eigenvalue weighted by Gasteiger charge is 2.35. The van der Waals surface area contributed by atoms with Crippen LogP contribution in [0.2, 0.25) is 0 Å². The Morgan fingerprint density at radius 2 is 1.52 bits per heavy atom. The van der Waals surface area contributed by atoms with Crippen LogP contribution in [0.1, 0.15) is 93.4 Å². The normalized spacial score (nSPS) is 27.3. The van der Waals surface area contributed by atoms with E-state index in [1.165, 1.54) is 0 Å². The number of hydrogen-bond acceptors (Lipinski definition) is 5. The number of carbonyl (C=O) groups excluding carboxylic acids is 4. The number of ether oxygens (including phenoxy) is 1. The zero-order valence-corrected chi connectivity index (χ0v) is 21.5. The van der Waals surface area contributed by atoms with Gasteiger partial charge in [-0.1, -0.05) is 73.6 Å². The number of amides is 3. The zero-order valence-electron chi connectivity index (χ0n) is 21.5. The summed E-state index contributed by atoms with van der Waals surface area (Å²) in [6, 6.07) is -2.49. The Kier molecular flexibility index (Phi) is 12.4. The van der Waals surface area contributed by atoms with Gasteiger partial charge in [0, 0.05) is 0 Å². The summed E-state index contributed by atoms with van der Waals surface area (Å²) in [6.07, 6.45) is 5.19. The fourth-order valence-corrected chi connectivity index (χ4v) is 3.93. The molecule has 8 heteroatoms. The monoisotopic (exact) mass is 467 g/mol. The van der Waals surface area contributed by atoms with E-state index < -0.39 is 42.0 Å². The van der Waals surface area contributed by atoms with E-state index in [2.05, 4.69) is 22.9 Å². The number of cyclic esters (lactones) is 1. The molecule has 3 amide bonds. The number of esters is 1. The molecular weight excluding hydrogens is 422 g/mol. The van der Waals surface area contributed by atoms with Gasteiger partial charge in [-0.3, -0.25) is 14.4 Å². The van der Waals surface area contributed by atoms with Gasteiger partial charge in [0.1, 0.15) is 24.2 Å². The van der Waals surface area contributed by atoms with E-state index in [1.807, 2.05) is 34.6 Å². The third-order valence-corrected chi connectivity index (χ3v) is 6.58. The second kappa shape index (κ2) is 14.2. The minimum absolute atomic E-state index is 0.0199. The number of hydrogen-bond donors (Lipinski definition) is 3. The average Bonchev–Trinajstić information content (AvgIpc) is 2.76. The van der Waals surface area contributed by atoms with Crippen LogP contribution in [-0.4, -0.2) is 47.9 Å². The summed E-state index contributed by atoms with van der Waals surface area (Å²) in [7, 11) is 0. The average molecular weight is 468 g/mol. The molecule has 0 spiro atoms. The second-order valence-corrected chi connectivity index (χ2v) is 9.90. The van der Waals surface area contributed by atoms with Gasteiger partial charge in [0.25, 0.3) is 0 Å². The lowest BCUT2D eigenvalue weighted by atomic mass is 9.93. The van der Waals surface area contributed by atoms with Crippen molar-refractivity contribution >= 4 is 23.7 Å². The predicted octanol–water partition coefficient (Wildman–Crippen LogP) is 3.08. The van der Waals surface area contributed by atoms with Crippen LogP contribution in [0.25, 0.3) is 0 Å². The van der Waals surface area contributed by atoms with E-state index in [-0.39, 0.29) is 30.1 Å². The molecule has 8 nitrogen and oxygen atoms in total. The van der Waals surface area contributed by atoms with Gasteiger partial charge >= 0.3 is 5.97 Å². The maximum absolute atomic E-state index is 13.1. The third kappa shape index (κ3) is 9.33. The molecule has 1 heterocycles. The Morgan fingerprint density at radius 3 is 2.09 bits per heavy atom. The summed E-state index contributed by atoms with van der Waals surface area (Å²) >= 11 is 0. The van der Waals surface area contributed by atoms with Crippen LogP contribution in [0.3, 0.4) is 0 Å². The maximum atomic E-state index is 13.1. The molecule has 33 heavy (non-hydrogen) atoms. The van der Waals surface area contributed by atoms with Gasteiger partial charge in [-0.25, -0.2) is 4.79 Å². The molecule has 0 bridgehead atoms. The molecule has 1 aliphatic heterocycles. The summed E-state index contributed by atoms with van der Waals surface area (Å²) < 4.78 is 5.88. The van der Waals surface area contributed by atoms with E-state index in [0.29, 0.717) is 6.42 Å². The molecule has 0 unspecified atom stereocenters. The molecule has 1 saturated heterocycles. The lowest BCUT2D eigenvalue weighted by Gasteiger charge is -2.29. The van der Waals surface area contributed by atoms with Crippen LogP contribution in [0.5, 0.6) is 0 Å². The lowest BCUT2D eigenvalue weighted by Crippen LogP contribution is -2.56. The topological polar surface area (TPSA) is 114 Å². The molecular formula is C25H45N3O5. The molecule has 0 aliphatic carbocycles. The minimum Gasteiger partial charge on any atom is -0.460 e. The van der Waals surface area contributed by atoms with Gasteiger partial charge in [-0.05, 0) is 31.1 Å². The van der Waals surface area contributed by atoms with Gasteiger partial charge in [-0.15, -0.1) is 0 Å². The lowest BCUT2D eigenvalue weighted by molar-refractivity contribution is -0.158. The van der Waals surface area contributed by atoms with Gasteiger partial charge in [0.05, 0.1) is 6.42 Å². The van der Waals surface area contributed by atoms with Crippen molar-refractivity contribution < 1.29 is 23.9 Å². The van der Waals surface area contributed by atoms with Crippen molar-refractivity contribution in [1.82, 2.24) is 16.0 Å². The van der Waals surface area contributed by atoms with Crippen molar-refractivity contribution in [3.05, 3.63) is 0 Å².